The maximum absolute atomic E-state index is 12.3. The Kier molecular flexibility index (Phi) is 6.98. The number of hydrogen-bond acceptors (Lipinski definition) is 4. The molecule has 0 spiro atoms. The average molecular weight is 390 g/mol. The van der Waals surface area contributed by atoms with Gasteiger partial charge in [-0.2, -0.15) is 0 Å². The van der Waals surface area contributed by atoms with E-state index in [2.05, 4.69) is 10.0 Å². The van der Waals surface area contributed by atoms with Crippen molar-refractivity contribution in [2.45, 2.75) is 37.8 Å². The zero-order valence-corrected chi connectivity index (χ0v) is 17.0. The lowest BCUT2D eigenvalue weighted by molar-refractivity contribution is 0.0951. The smallest absolute Gasteiger partial charge is 0.251 e. The number of nitrogens with zero attached hydrogens (tertiary/aromatic N) is 1. The van der Waals surface area contributed by atoms with Crippen LogP contribution in [0.25, 0.3) is 0 Å². The summed E-state index contributed by atoms with van der Waals surface area (Å²) in [5, 5.41) is 2.85. The van der Waals surface area contributed by atoms with E-state index in [1.807, 2.05) is 57.1 Å². The van der Waals surface area contributed by atoms with Crippen LogP contribution in [0, 0.1) is 0 Å². The molecule has 0 bridgehead atoms. The molecule has 0 heterocycles. The molecule has 2 aromatic carbocycles. The van der Waals surface area contributed by atoms with Crippen molar-refractivity contribution in [3.8, 4) is 0 Å². The third-order valence-electron chi connectivity index (χ3n) is 4.30. The first-order valence-corrected chi connectivity index (χ1v) is 10.4. The van der Waals surface area contributed by atoms with Crippen molar-refractivity contribution >= 4 is 21.6 Å². The van der Waals surface area contributed by atoms with E-state index in [4.69, 9.17) is 0 Å². The Morgan fingerprint density at radius 3 is 2.15 bits per heavy atom. The molecule has 0 aliphatic carbocycles. The van der Waals surface area contributed by atoms with Gasteiger partial charge in [-0.3, -0.25) is 4.79 Å². The van der Waals surface area contributed by atoms with E-state index in [1.165, 1.54) is 24.3 Å². The Morgan fingerprint density at radius 2 is 1.63 bits per heavy atom. The predicted molar refractivity (Wildman–Crippen MR) is 108 cm³/mol. The summed E-state index contributed by atoms with van der Waals surface area (Å²) in [6.07, 6.45) is 0.704. The summed E-state index contributed by atoms with van der Waals surface area (Å²) >= 11 is 0. The van der Waals surface area contributed by atoms with E-state index in [9.17, 15) is 13.2 Å². The Bertz CT molecular complexity index is 860. The number of nitrogens with one attached hydrogen (secondary N) is 2. The van der Waals surface area contributed by atoms with Crippen LogP contribution in [0.15, 0.2) is 53.4 Å². The summed E-state index contributed by atoms with van der Waals surface area (Å²) in [5.74, 6) is -0.245. The van der Waals surface area contributed by atoms with Crippen molar-refractivity contribution in [3.05, 3.63) is 59.7 Å². The van der Waals surface area contributed by atoms with E-state index in [-0.39, 0.29) is 16.8 Å². The minimum absolute atomic E-state index is 0.142. The molecule has 0 saturated heterocycles. The molecular formula is C20H27N3O3S. The van der Waals surface area contributed by atoms with Gasteiger partial charge in [0.2, 0.25) is 10.0 Å². The van der Waals surface area contributed by atoms with Crippen LogP contribution in [-0.2, 0) is 16.6 Å². The molecule has 0 fully saturated rings. The van der Waals surface area contributed by atoms with Gasteiger partial charge < -0.3 is 10.2 Å². The van der Waals surface area contributed by atoms with Crippen LogP contribution in [0.2, 0.25) is 0 Å². The number of benzene rings is 2. The summed E-state index contributed by atoms with van der Waals surface area (Å²) in [6.45, 7) is 4.13. The normalized spacial score (nSPS) is 12.4. The largest absolute Gasteiger partial charge is 0.378 e. The van der Waals surface area contributed by atoms with Crippen molar-refractivity contribution in [2.75, 3.05) is 19.0 Å². The van der Waals surface area contributed by atoms with Gasteiger partial charge in [-0.1, -0.05) is 19.1 Å². The van der Waals surface area contributed by atoms with Gasteiger partial charge in [-0.15, -0.1) is 0 Å². The van der Waals surface area contributed by atoms with Crippen LogP contribution in [0.1, 0.15) is 36.2 Å². The molecule has 146 valence electrons. The van der Waals surface area contributed by atoms with Crippen LogP contribution < -0.4 is 14.9 Å². The molecule has 1 amide bonds. The van der Waals surface area contributed by atoms with Crippen molar-refractivity contribution in [2.24, 2.45) is 0 Å². The van der Waals surface area contributed by atoms with E-state index in [1.54, 1.807) is 0 Å². The van der Waals surface area contributed by atoms with E-state index < -0.39 is 10.0 Å². The molecule has 6 nitrogen and oxygen atoms in total. The lowest BCUT2D eigenvalue weighted by atomic mass is 10.2. The third-order valence-corrected chi connectivity index (χ3v) is 5.91. The van der Waals surface area contributed by atoms with Crippen LogP contribution in [0.4, 0.5) is 5.69 Å². The van der Waals surface area contributed by atoms with Gasteiger partial charge >= 0.3 is 0 Å². The lowest BCUT2D eigenvalue weighted by Gasteiger charge is -2.13. The fourth-order valence-corrected chi connectivity index (χ4v) is 3.72. The van der Waals surface area contributed by atoms with Gasteiger partial charge in [0.25, 0.3) is 5.91 Å². The Morgan fingerprint density at radius 1 is 1.04 bits per heavy atom. The third kappa shape index (κ3) is 5.80. The number of carbonyl (C=O) groups is 1. The lowest BCUT2D eigenvalue weighted by Crippen LogP contribution is -2.32. The first-order chi connectivity index (χ1) is 12.7. The van der Waals surface area contributed by atoms with Gasteiger partial charge in [0.05, 0.1) is 4.90 Å². The van der Waals surface area contributed by atoms with Gasteiger partial charge in [-0.05, 0) is 55.3 Å². The second-order valence-electron chi connectivity index (χ2n) is 6.70. The van der Waals surface area contributed by atoms with Gasteiger partial charge in [0, 0.05) is 37.9 Å². The molecule has 7 heteroatoms. The highest BCUT2D eigenvalue weighted by Gasteiger charge is 2.17. The Hall–Kier alpha value is -2.38. The Labute approximate surface area is 161 Å². The van der Waals surface area contributed by atoms with Crippen LogP contribution in [0.5, 0.6) is 0 Å². The van der Waals surface area contributed by atoms with Crippen molar-refractivity contribution < 1.29 is 13.2 Å². The second-order valence-corrected chi connectivity index (χ2v) is 8.41. The monoisotopic (exact) mass is 389 g/mol. The predicted octanol–water partition coefficient (Wildman–Crippen LogP) is 2.76. The van der Waals surface area contributed by atoms with Crippen molar-refractivity contribution in [3.63, 3.8) is 0 Å². The highest BCUT2D eigenvalue weighted by molar-refractivity contribution is 7.89. The number of amides is 1. The molecule has 0 saturated carbocycles. The SMILES string of the molecule is CCC(C)NS(=O)(=O)c1ccc(C(=O)NCc2ccc(N(C)C)cc2)cc1. The van der Waals surface area contributed by atoms with Crippen LogP contribution in [0.3, 0.4) is 0 Å². The number of sulfonamides is 1. The van der Waals surface area contributed by atoms with Gasteiger partial charge in [0.15, 0.2) is 0 Å². The number of carbonyl (C=O) groups excluding carboxylic acids is 1. The summed E-state index contributed by atoms with van der Waals surface area (Å²) in [5.41, 5.74) is 2.50. The molecule has 0 aliphatic heterocycles. The van der Waals surface area contributed by atoms with E-state index >= 15 is 0 Å². The quantitative estimate of drug-likeness (QED) is 0.728. The van der Waals surface area contributed by atoms with Gasteiger partial charge in [0.1, 0.15) is 0 Å². The zero-order valence-electron chi connectivity index (χ0n) is 16.2. The molecular weight excluding hydrogens is 362 g/mol. The molecule has 2 rings (SSSR count). The molecule has 1 atom stereocenters. The summed E-state index contributed by atoms with van der Waals surface area (Å²) in [4.78, 5) is 14.5. The number of anilines is 1. The fourth-order valence-electron chi connectivity index (χ4n) is 2.40. The summed E-state index contributed by atoms with van der Waals surface area (Å²) < 4.78 is 27.1. The van der Waals surface area contributed by atoms with Crippen LogP contribution >= 0.6 is 0 Å². The van der Waals surface area contributed by atoms with Crippen molar-refractivity contribution in [1.82, 2.24) is 10.0 Å². The number of hydrogen-bond donors (Lipinski definition) is 2. The fraction of sp³-hybridized carbons (Fsp3) is 0.350. The average Bonchev–Trinajstić information content (AvgIpc) is 2.66. The highest BCUT2D eigenvalue weighted by atomic mass is 32.2. The first-order valence-electron chi connectivity index (χ1n) is 8.89. The first kappa shape index (κ1) is 20.9. The van der Waals surface area contributed by atoms with Crippen LogP contribution in [-0.4, -0.2) is 34.5 Å². The Balaban J connectivity index is 1.99. The minimum Gasteiger partial charge on any atom is -0.378 e. The second kappa shape index (κ2) is 9.01. The molecule has 2 aromatic rings. The maximum Gasteiger partial charge on any atom is 0.251 e. The van der Waals surface area contributed by atoms with Gasteiger partial charge in [-0.25, -0.2) is 13.1 Å². The molecule has 27 heavy (non-hydrogen) atoms. The van der Waals surface area contributed by atoms with E-state index in [0.29, 0.717) is 18.5 Å². The van der Waals surface area contributed by atoms with E-state index in [0.717, 1.165) is 11.3 Å². The molecule has 2 N–H and O–H groups in total. The topological polar surface area (TPSA) is 78.5 Å². The number of rotatable bonds is 8. The zero-order chi connectivity index (χ0) is 20.0. The maximum atomic E-state index is 12.3. The summed E-state index contributed by atoms with van der Waals surface area (Å²) in [7, 11) is 0.376. The standard InChI is InChI=1S/C20H27N3O3S/c1-5-15(2)22-27(25,26)19-12-8-17(9-13-19)20(24)21-14-16-6-10-18(11-7-16)23(3)4/h6-13,15,22H,5,14H2,1-4H3,(H,21,24). The summed E-state index contributed by atoms with van der Waals surface area (Å²) in [6, 6.07) is 13.7. The molecule has 0 radical (unpaired) electrons. The molecule has 0 aromatic heterocycles. The molecule has 1 unspecified atom stereocenters. The molecule has 0 aliphatic rings. The minimum atomic E-state index is -3.57. The highest BCUT2D eigenvalue weighted by Crippen LogP contribution is 2.14. The van der Waals surface area contributed by atoms with Crippen molar-refractivity contribution in [1.29, 1.82) is 0 Å².